The molecule has 0 amide bonds. The minimum absolute atomic E-state index is 0.0785. The molecule has 0 saturated heterocycles. The Balaban J connectivity index is 1.55. The molecule has 2 aromatic heterocycles. The van der Waals surface area contributed by atoms with Gasteiger partial charge in [0.1, 0.15) is 0 Å². The molecule has 0 bridgehead atoms. The number of para-hydroxylation sites is 1. The van der Waals surface area contributed by atoms with E-state index in [0.717, 1.165) is 38.9 Å². The minimum atomic E-state index is -3.30. The lowest BCUT2D eigenvalue weighted by atomic mass is 10.0. The van der Waals surface area contributed by atoms with E-state index in [2.05, 4.69) is 62.1 Å². The van der Waals surface area contributed by atoms with Gasteiger partial charge in [0, 0.05) is 29.8 Å². The molecule has 8 heteroatoms. The van der Waals surface area contributed by atoms with Gasteiger partial charge in [0.2, 0.25) is 0 Å². The van der Waals surface area contributed by atoms with Gasteiger partial charge < -0.3 is 0 Å². The third-order valence-electron chi connectivity index (χ3n) is 6.76. The van der Waals surface area contributed by atoms with Gasteiger partial charge >= 0.3 is 0 Å². The van der Waals surface area contributed by atoms with Crippen LogP contribution in [0.25, 0.3) is 26.7 Å². The molecule has 40 heavy (non-hydrogen) atoms. The van der Waals surface area contributed by atoms with E-state index in [1.165, 1.54) is 11.8 Å². The van der Waals surface area contributed by atoms with Crippen molar-refractivity contribution in [2.24, 2.45) is 0 Å². The van der Waals surface area contributed by atoms with Crippen LogP contribution in [-0.2, 0) is 22.9 Å². The van der Waals surface area contributed by atoms with Crippen molar-refractivity contribution < 1.29 is 8.42 Å². The molecule has 0 spiro atoms. The molecule has 0 saturated carbocycles. The van der Waals surface area contributed by atoms with Crippen LogP contribution in [-0.4, -0.2) is 34.9 Å². The van der Waals surface area contributed by atoms with Crippen molar-refractivity contribution in [3.8, 4) is 26.7 Å². The lowest BCUT2D eigenvalue weighted by Gasteiger charge is -2.35. The first kappa shape index (κ1) is 28.3. The number of aromatic nitrogens is 2. The summed E-state index contributed by atoms with van der Waals surface area (Å²) < 4.78 is 26.2. The fraction of sp³-hybridized carbons (Fsp3) is 0.219. The fourth-order valence-corrected chi connectivity index (χ4v) is 6.42. The largest absolute Gasteiger partial charge is 0.288 e. The monoisotopic (exact) mass is 589 g/mol. The zero-order valence-electron chi connectivity index (χ0n) is 23.0. The van der Waals surface area contributed by atoms with Crippen LogP contribution in [0, 0.1) is 0 Å². The number of thiophene rings is 1. The van der Waals surface area contributed by atoms with E-state index in [0.29, 0.717) is 16.5 Å². The Morgan fingerprint density at radius 3 is 2.25 bits per heavy atom. The first-order valence-electron chi connectivity index (χ1n) is 13.0. The van der Waals surface area contributed by atoms with Gasteiger partial charge in [0.05, 0.1) is 31.9 Å². The van der Waals surface area contributed by atoms with Crippen molar-refractivity contribution >= 4 is 32.8 Å². The maximum Gasteiger partial charge on any atom is 0.175 e. The maximum atomic E-state index is 12.1. The molecular formula is C32H32ClN3O2S2. The number of sulfone groups is 1. The van der Waals surface area contributed by atoms with E-state index in [-0.39, 0.29) is 5.54 Å². The highest BCUT2D eigenvalue weighted by Gasteiger charge is 2.24. The molecule has 0 aliphatic carbocycles. The summed E-state index contributed by atoms with van der Waals surface area (Å²) >= 11 is 8.25. The van der Waals surface area contributed by atoms with Gasteiger partial charge in [-0.3, -0.25) is 4.90 Å². The van der Waals surface area contributed by atoms with Crippen molar-refractivity contribution in [1.29, 1.82) is 0 Å². The molecule has 206 valence electrons. The van der Waals surface area contributed by atoms with Crippen LogP contribution in [0.5, 0.6) is 0 Å². The normalized spacial score (nSPS) is 12.2. The van der Waals surface area contributed by atoms with Gasteiger partial charge in [0.25, 0.3) is 0 Å². The second kappa shape index (κ2) is 11.3. The predicted octanol–water partition coefficient (Wildman–Crippen LogP) is 8.13. The summed E-state index contributed by atoms with van der Waals surface area (Å²) in [5, 5.41) is 5.68. The molecule has 0 atom stereocenters. The summed E-state index contributed by atoms with van der Waals surface area (Å²) in [6, 6.07) is 31.5. The summed E-state index contributed by atoms with van der Waals surface area (Å²) in [6.07, 6.45) is 1.23. The van der Waals surface area contributed by atoms with Gasteiger partial charge in [-0.2, -0.15) is 5.10 Å². The summed E-state index contributed by atoms with van der Waals surface area (Å²) in [6.45, 7) is 8.13. The van der Waals surface area contributed by atoms with Crippen LogP contribution in [0.4, 0.5) is 0 Å². The Morgan fingerprint density at radius 2 is 1.55 bits per heavy atom. The second-order valence-corrected chi connectivity index (χ2v) is 14.4. The fourth-order valence-electron chi connectivity index (χ4n) is 4.53. The highest BCUT2D eigenvalue weighted by atomic mass is 35.5. The Morgan fingerprint density at radius 1 is 0.850 bits per heavy atom. The number of rotatable bonds is 8. The van der Waals surface area contributed by atoms with E-state index in [4.69, 9.17) is 16.7 Å². The van der Waals surface area contributed by atoms with E-state index < -0.39 is 9.84 Å². The highest BCUT2D eigenvalue weighted by molar-refractivity contribution is 7.90. The van der Waals surface area contributed by atoms with Gasteiger partial charge in [-0.25, -0.2) is 13.1 Å². The first-order valence-corrected chi connectivity index (χ1v) is 16.1. The number of nitrogens with zero attached hydrogens (tertiary/aromatic N) is 3. The molecule has 0 aliphatic rings. The lowest BCUT2D eigenvalue weighted by Crippen LogP contribution is -2.40. The molecule has 5 aromatic rings. The molecule has 5 rings (SSSR count). The zero-order valence-corrected chi connectivity index (χ0v) is 25.4. The van der Waals surface area contributed by atoms with E-state index in [1.807, 2.05) is 47.1 Å². The number of benzene rings is 3. The molecule has 0 fully saturated rings. The minimum Gasteiger partial charge on any atom is -0.288 e. The summed E-state index contributed by atoms with van der Waals surface area (Å²) in [4.78, 5) is 4.73. The zero-order chi connectivity index (χ0) is 28.5. The van der Waals surface area contributed by atoms with Crippen LogP contribution < -0.4 is 0 Å². The van der Waals surface area contributed by atoms with Crippen molar-refractivity contribution in [3.63, 3.8) is 0 Å². The Kier molecular flexibility index (Phi) is 8.02. The topological polar surface area (TPSA) is 55.2 Å². The number of halogens is 1. The Bertz CT molecular complexity index is 1740. The molecule has 3 aromatic carbocycles. The average Bonchev–Trinajstić information content (AvgIpc) is 3.56. The molecule has 0 N–H and O–H groups in total. The molecule has 0 aliphatic heterocycles. The number of hydrogen-bond acceptors (Lipinski definition) is 5. The summed E-state index contributed by atoms with van der Waals surface area (Å²) in [5.41, 5.74) is 4.73. The van der Waals surface area contributed by atoms with E-state index in [9.17, 15) is 8.42 Å². The average molecular weight is 590 g/mol. The lowest BCUT2D eigenvalue weighted by molar-refractivity contribution is 0.117. The SMILES string of the molecule is CC(C)(C)N(Cc1ccccc1)Cc1cc(-c2ccc(-c3cccc(S(C)(=O)=O)c3)s2)n(-c2ccccc2Cl)n1. The van der Waals surface area contributed by atoms with E-state index >= 15 is 0 Å². The van der Waals surface area contributed by atoms with Crippen LogP contribution in [0.1, 0.15) is 32.0 Å². The van der Waals surface area contributed by atoms with Crippen molar-refractivity contribution in [3.05, 3.63) is 113 Å². The van der Waals surface area contributed by atoms with E-state index in [1.54, 1.807) is 29.5 Å². The standard InChI is InChI=1S/C32H32ClN3O2S2/c1-32(2,3)35(21-23-11-6-5-7-12-23)22-25-20-29(36(34-25)28-16-9-8-15-27(28)33)31-18-17-30(39-31)24-13-10-14-26(19-24)40(4,37)38/h5-20H,21-22H2,1-4H3. The molecule has 2 heterocycles. The quantitative estimate of drug-likeness (QED) is 0.183. The van der Waals surface area contributed by atoms with Gasteiger partial charge in [-0.15, -0.1) is 11.3 Å². The van der Waals surface area contributed by atoms with Crippen LogP contribution >= 0.6 is 22.9 Å². The van der Waals surface area contributed by atoms with Crippen LogP contribution in [0.2, 0.25) is 5.02 Å². The number of hydrogen-bond donors (Lipinski definition) is 0. The summed E-state index contributed by atoms with van der Waals surface area (Å²) in [7, 11) is -3.30. The highest BCUT2D eigenvalue weighted by Crippen LogP contribution is 2.37. The molecule has 0 radical (unpaired) electrons. The molecule has 5 nitrogen and oxygen atoms in total. The van der Waals surface area contributed by atoms with Gasteiger partial charge in [-0.1, -0.05) is 66.2 Å². The van der Waals surface area contributed by atoms with Crippen molar-refractivity contribution in [2.75, 3.05) is 6.26 Å². The predicted molar refractivity (Wildman–Crippen MR) is 166 cm³/mol. The maximum absolute atomic E-state index is 12.1. The van der Waals surface area contributed by atoms with Crippen molar-refractivity contribution in [1.82, 2.24) is 14.7 Å². The smallest absolute Gasteiger partial charge is 0.175 e. The van der Waals surface area contributed by atoms with Crippen molar-refractivity contribution in [2.45, 2.75) is 44.3 Å². The third kappa shape index (κ3) is 6.39. The van der Waals surface area contributed by atoms with Crippen LogP contribution in [0.3, 0.4) is 0 Å². The second-order valence-electron chi connectivity index (χ2n) is 10.9. The Hall–Kier alpha value is -3.23. The molecular weight excluding hydrogens is 558 g/mol. The summed E-state index contributed by atoms with van der Waals surface area (Å²) in [5.74, 6) is 0. The van der Waals surface area contributed by atoms with Crippen LogP contribution in [0.15, 0.2) is 102 Å². The van der Waals surface area contributed by atoms with Gasteiger partial charge in [0.15, 0.2) is 9.84 Å². The first-order chi connectivity index (χ1) is 19.0. The van der Waals surface area contributed by atoms with Gasteiger partial charge in [-0.05, 0) is 74.4 Å². The Labute approximate surface area is 245 Å². The molecule has 0 unspecified atom stereocenters. The third-order valence-corrected chi connectivity index (χ3v) is 9.35.